The SMILES string of the molecule is CCOc1c(F)cccc1C1CC(Cl)C(=O)N1Cc1ccc(OC(F)(F)F)cc1. The van der Waals surface area contributed by atoms with E-state index >= 15 is 0 Å². The second-order valence-electron chi connectivity index (χ2n) is 6.47. The van der Waals surface area contributed by atoms with Gasteiger partial charge in [0.15, 0.2) is 11.6 Å². The molecule has 29 heavy (non-hydrogen) atoms. The lowest BCUT2D eigenvalue weighted by Crippen LogP contribution is -2.29. The minimum Gasteiger partial charge on any atom is -0.490 e. The lowest BCUT2D eigenvalue weighted by Gasteiger charge is -2.27. The number of ether oxygens (including phenoxy) is 2. The molecule has 1 aliphatic heterocycles. The number of alkyl halides is 4. The van der Waals surface area contributed by atoms with Gasteiger partial charge in [0.2, 0.25) is 5.91 Å². The smallest absolute Gasteiger partial charge is 0.490 e. The highest BCUT2D eigenvalue weighted by atomic mass is 35.5. The average Bonchev–Trinajstić information content (AvgIpc) is 2.92. The molecule has 2 atom stereocenters. The molecule has 1 aliphatic rings. The molecule has 156 valence electrons. The molecule has 0 bridgehead atoms. The molecule has 1 heterocycles. The molecule has 1 fully saturated rings. The predicted molar refractivity (Wildman–Crippen MR) is 98.2 cm³/mol. The number of carbonyl (C=O) groups is 1. The van der Waals surface area contributed by atoms with Crippen molar-refractivity contribution in [3.63, 3.8) is 0 Å². The van der Waals surface area contributed by atoms with Gasteiger partial charge in [0.1, 0.15) is 11.1 Å². The Hall–Kier alpha value is -2.48. The minimum absolute atomic E-state index is 0.0671. The van der Waals surface area contributed by atoms with Crippen LogP contribution in [0.4, 0.5) is 17.6 Å². The topological polar surface area (TPSA) is 38.8 Å². The summed E-state index contributed by atoms with van der Waals surface area (Å²) in [6, 6.07) is 9.16. The zero-order chi connectivity index (χ0) is 21.2. The van der Waals surface area contributed by atoms with E-state index in [2.05, 4.69) is 4.74 Å². The first-order chi connectivity index (χ1) is 13.7. The number of halogens is 5. The van der Waals surface area contributed by atoms with Crippen molar-refractivity contribution in [2.24, 2.45) is 0 Å². The van der Waals surface area contributed by atoms with E-state index in [1.54, 1.807) is 13.0 Å². The highest BCUT2D eigenvalue weighted by Gasteiger charge is 2.40. The Morgan fingerprint density at radius 2 is 1.86 bits per heavy atom. The second-order valence-corrected chi connectivity index (χ2v) is 6.99. The third-order valence-electron chi connectivity index (χ3n) is 4.51. The first-order valence-corrected chi connectivity index (χ1v) is 9.33. The van der Waals surface area contributed by atoms with E-state index in [1.165, 1.54) is 41.3 Å². The first-order valence-electron chi connectivity index (χ1n) is 8.90. The van der Waals surface area contributed by atoms with Gasteiger partial charge in [-0.05, 0) is 37.1 Å². The van der Waals surface area contributed by atoms with Gasteiger partial charge in [-0.1, -0.05) is 24.3 Å². The molecule has 2 aromatic rings. The van der Waals surface area contributed by atoms with Gasteiger partial charge in [-0.25, -0.2) is 4.39 Å². The number of nitrogens with zero attached hydrogens (tertiary/aromatic N) is 1. The summed E-state index contributed by atoms with van der Waals surface area (Å²) >= 11 is 6.16. The van der Waals surface area contributed by atoms with Crippen molar-refractivity contribution in [3.8, 4) is 11.5 Å². The van der Waals surface area contributed by atoms with Gasteiger partial charge in [0.05, 0.1) is 12.6 Å². The number of benzene rings is 2. The fourth-order valence-electron chi connectivity index (χ4n) is 3.32. The normalized spacial score (nSPS) is 19.5. The summed E-state index contributed by atoms with van der Waals surface area (Å²) in [4.78, 5) is 14.1. The van der Waals surface area contributed by atoms with Crippen molar-refractivity contribution in [2.45, 2.75) is 37.7 Å². The van der Waals surface area contributed by atoms with Gasteiger partial charge in [-0.15, -0.1) is 24.8 Å². The lowest BCUT2D eigenvalue weighted by molar-refractivity contribution is -0.274. The van der Waals surface area contributed by atoms with Crippen LogP contribution in [0.2, 0.25) is 0 Å². The molecule has 9 heteroatoms. The van der Waals surface area contributed by atoms with Gasteiger partial charge in [0, 0.05) is 12.1 Å². The molecule has 4 nitrogen and oxygen atoms in total. The van der Waals surface area contributed by atoms with Crippen LogP contribution in [0.3, 0.4) is 0 Å². The summed E-state index contributed by atoms with van der Waals surface area (Å²) < 4.78 is 60.4. The molecule has 0 saturated carbocycles. The molecule has 0 aliphatic carbocycles. The monoisotopic (exact) mass is 431 g/mol. The van der Waals surface area contributed by atoms with Crippen LogP contribution in [0.15, 0.2) is 42.5 Å². The highest BCUT2D eigenvalue weighted by Crippen LogP contribution is 2.41. The van der Waals surface area contributed by atoms with Crippen LogP contribution in [0.1, 0.15) is 30.5 Å². The van der Waals surface area contributed by atoms with Gasteiger partial charge >= 0.3 is 6.36 Å². The molecular formula is C20H18ClF4NO3. The Balaban J connectivity index is 1.86. The lowest BCUT2D eigenvalue weighted by atomic mass is 10.0. The number of para-hydroxylation sites is 1. The van der Waals surface area contributed by atoms with Crippen LogP contribution in [0.5, 0.6) is 11.5 Å². The zero-order valence-corrected chi connectivity index (χ0v) is 16.1. The van der Waals surface area contributed by atoms with Crippen LogP contribution in [-0.2, 0) is 11.3 Å². The van der Waals surface area contributed by atoms with Crippen molar-refractivity contribution < 1.29 is 31.8 Å². The third kappa shape index (κ3) is 4.93. The Morgan fingerprint density at radius 3 is 2.48 bits per heavy atom. The zero-order valence-electron chi connectivity index (χ0n) is 15.4. The van der Waals surface area contributed by atoms with E-state index in [4.69, 9.17) is 16.3 Å². The number of likely N-dealkylation sites (tertiary alicyclic amines) is 1. The molecular weight excluding hydrogens is 414 g/mol. The number of amides is 1. The average molecular weight is 432 g/mol. The van der Waals surface area contributed by atoms with E-state index in [1.807, 2.05) is 0 Å². The summed E-state index contributed by atoms with van der Waals surface area (Å²) in [6.45, 7) is 2.07. The molecule has 0 N–H and O–H groups in total. The molecule has 1 amide bonds. The molecule has 2 aromatic carbocycles. The number of carbonyl (C=O) groups excluding carboxylic acids is 1. The van der Waals surface area contributed by atoms with Crippen molar-refractivity contribution in [3.05, 3.63) is 59.4 Å². The Kier molecular flexibility index (Phi) is 6.21. The number of hydrogen-bond donors (Lipinski definition) is 0. The Labute approximate surface area is 170 Å². The van der Waals surface area contributed by atoms with E-state index in [0.717, 1.165) is 0 Å². The summed E-state index contributed by atoms with van der Waals surface area (Å²) in [5, 5.41) is -0.787. The van der Waals surface area contributed by atoms with Gasteiger partial charge < -0.3 is 14.4 Å². The quantitative estimate of drug-likeness (QED) is 0.466. The molecule has 3 rings (SSSR count). The van der Waals surface area contributed by atoms with E-state index < -0.39 is 23.6 Å². The van der Waals surface area contributed by atoms with E-state index in [9.17, 15) is 22.4 Å². The molecule has 0 radical (unpaired) electrons. The standard InChI is InChI=1S/C20H18ClF4NO3/c1-2-28-18-14(4-3-5-16(18)22)17-10-15(21)19(27)26(17)11-12-6-8-13(9-7-12)29-20(23,24)25/h3-9,15,17H,2,10-11H2,1H3. The fraction of sp³-hybridized carbons (Fsp3) is 0.350. The van der Waals surface area contributed by atoms with Gasteiger partial charge in [-0.2, -0.15) is 0 Å². The Bertz CT molecular complexity index is 873. The van der Waals surface area contributed by atoms with Crippen molar-refractivity contribution in [2.75, 3.05) is 6.61 Å². The summed E-state index contributed by atoms with van der Waals surface area (Å²) in [5.41, 5.74) is 1.08. The maximum absolute atomic E-state index is 14.3. The summed E-state index contributed by atoms with van der Waals surface area (Å²) in [6.07, 6.45) is -4.52. The van der Waals surface area contributed by atoms with E-state index in [-0.39, 0.29) is 37.0 Å². The van der Waals surface area contributed by atoms with Gasteiger partial charge in [0.25, 0.3) is 0 Å². The minimum atomic E-state index is -4.78. The highest BCUT2D eigenvalue weighted by molar-refractivity contribution is 6.31. The van der Waals surface area contributed by atoms with Crippen LogP contribution < -0.4 is 9.47 Å². The third-order valence-corrected chi connectivity index (χ3v) is 4.88. The fourth-order valence-corrected chi connectivity index (χ4v) is 3.61. The van der Waals surface area contributed by atoms with Crippen molar-refractivity contribution in [1.82, 2.24) is 4.90 Å². The molecule has 0 aromatic heterocycles. The van der Waals surface area contributed by atoms with Crippen LogP contribution in [0.25, 0.3) is 0 Å². The second kappa shape index (κ2) is 8.49. The van der Waals surface area contributed by atoms with Crippen LogP contribution in [-0.4, -0.2) is 29.2 Å². The largest absolute Gasteiger partial charge is 0.573 e. The maximum atomic E-state index is 14.3. The van der Waals surface area contributed by atoms with Crippen molar-refractivity contribution >= 4 is 17.5 Å². The van der Waals surface area contributed by atoms with E-state index in [0.29, 0.717) is 11.1 Å². The van der Waals surface area contributed by atoms with Crippen molar-refractivity contribution in [1.29, 1.82) is 0 Å². The van der Waals surface area contributed by atoms with Crippen LogP contribution in [0, 0.1) is 5.82 Å². The maximum Gasteiger partial charge on any atom is 0.573 e. The van der Waals surface area contributed by atoms with Crippen LogP contribution >= 0.6 is 11.6 Å². The molecule has 0 spiro atoms. The summed E-state index contributed by atoms with van der Waals surface area (Å²) in [7, 11) is 0. The number of rotatable bonds is 6. The molecule has 2 unspecified atom stereocenters. The predicted octanol–water partition coefficient (Wildman–Crippen LogP) is 5.20. The summed E-state index contributed by atoms with van der Waals surface area (Å²) in [5.74, 6) is -1.16. The van der Waals surface area contributed by atoms with Gasteiger partial charge in [-0.3, -0.25) is 4.79 Å². The Morgan fingerprint density at radius 1 is 1.17 bits per heavy atom. The number of hydrogen-bond acceptors (Lipinski definition) is 3. The molecule has 1 saturated heterocycles. The first kappa shape index (κ1) is 21.2.